The Bertz CT molecular complexity index is 560. The molecular formula is C14H16ClN3O. The molecule has 0 aliphatic heterocycles. The summed E-state index contributed by atoms with van der Waals surface area (Å²) < 4.78 is 5.68. The Labute approximate surface area is 117 Å². The van der Waals surface area contributed by atoms with Crippen LogP contribution in [-0.4, -0.2) is 16.5 Å². The Morgan fingerprint density at radius 1 is 1.32 bits per heavy atom. The van der Waals surface area contributed by atoms with E-state index in [2.05, 4.69) is 15.3 Å². The zero-order valence-electron chi connectivity index (χ0n) is 11.0. The molecule has 0 bridgehead atoms. The third kappa shape index (κ3) is 3.91. The summed E-state index contributed by atoms with van der Waals surface area (Å²) >= 11 is 6.08. The average Bonchev–Trinajstić information content (AvgIpc) is 2.41. The van der Waals surface area contributed by atoms with E-state index in [9.17, 15) is 0 Å². The summed E-state index contributed by atoms with van der Waals surface area (Å²) in [6.07, 6.45) is 3.29. The zero-order chi connectivity index (χ0) is 13.7. The van der Waals surface area contributed by atoms with E-state index >= 15 is 0 Å². The number of rotatable bonds is 5. The molecule has 0 fully saturated rings. The third-order valence-corrected chi connectivity index (χ3v) is 2.83. The summed E-state index contributed by atoms with van der Waals surface area (Å²) in [4.78, 5) is 8.49. The number of aryl methyl sites for hydroxylation is 1. The highest BCUT2D eigenvalue weighted by Gasteiger charge is 2.05. The quantitative estimate of drug-likeness (QED) is 0.910. The molecule has 0 unspecified atom stereocenters. The van der Waals surface area contributed by atoms with Gasteiger partial charge in [-0.05, 0) is 31.2 Å². The van der Waals surface area contributed by atoms with Crippen molar-refractivity contribution in [1.82, 2.24) is 15.3 Å². The Morgan fingerprint density at radius 2 is 2.16 bits per heavy atom. The van der Waals surface area contributed by atoms with Gasteiger partial charge in [-0.3, -0.25) is 4.98 Å². The topological polar surface area (TPSA) is 47.0 Å². The van der Waals surface area contributed by atoms with E-state index in [0.717, 1.165) is 17.8 Å². The molecule has 19 heavy (non-hydrogen) atoms. The number of nitrogens with one attached hydrogen (secondary N) is 1. The smallest absolute Gasteiger partial charge is 0.238 e. The van der Waals surface area contributed by atoms with Crippen molar-refractivity contribution in [3.8, 4) is 11.6 Å². The maximum atomic E-state index is 6.08. The molecule has 0 saturated heterocycles. The van der Waals surface area contributed by atoms with Gasteiger partial charge >= 0.3 is 0 Å². The van der Waals surface area contributed by atoms with E-state index in [4.69, 9.17) is 16.3 Å². The molecule has 1 aromatic carbocycles. The van der Waals surface area contributed by atoms with Crippen molar-refractivity contribution in [2.24, 2.45) is 0 Å². The third-order valence-electron chi connectivity index (χ3n) is 2.52. The van der Waals surface area contributed by atoms with Crippen LogP contribution in [0.25, 0.3) is 0 Å². The lowest BCUT2D eigenvalue weighted by Gasteiger charge is -2.08. The molecular weight excluding hydrogens is 262 g/mol. The first-order chi connectivity index (χ1) is 9.19. The lowest BCUT2D eigenvalue weighted by Crippen LogP contribution is -2.13. The second-order valence-corrected chi connectivity index (χ2v) is 4.57. The Morgan fingerprint density at radius 3 is 2.95 bits per heavy atom. The van der Waals surface area contributed by atoms with Crippen molar-refractivity contribution in [2.75, 3.05) is 6.54 Å². The van der Waals surface area contributed by atoms with Crippen molar-refractivity contribution in [3.05, 3.63) is 46.9 Å². The number of halogens is 1. The van der Waals surface area contributed by atoms with Gasteiger partial charge in [-0.1, -0.05) is 24.6 Å². The van der Waals surface area contributed by atoms with Gasteiger partial charge in [0.15, 0.2) is 0 Å². The number of ether oxygens (including phenoxy) is 1. The Balaban J connectivity index is 2.16. The number of hydrogen-bond donors (Lipinski definition) is 1. The fourth-order valence-electron chi connectivity index (χ4n) is 1.58. The largest absolute Gasteiger partial charge is 0.436 e. The minimum Gasteiger partial charge on any atom is -0.436 e. The Kier molecular flexibility index (Phi) is 4.71. The highest BCUT2D eigenvalue weighted by molar-refractivity contribution is 6.32. The minimum absolute atomic E-state index is 0.447. The molecule has 0 amide bonds. The second kappa shape index (κ2) is 6.50. The SMILES string of the molecule is CCNCc1cncc(Oc2cc(C)ccc2Cl)n1. The average molecular weight is 278 g/mol. The fourth-order valence-corrected chi connectivity index (χ4v) is 1.73. The van der Waals surface area contributed by atoms with Gasteiger partial charge in [-0.15, -0.1) is 0 Å². The normalized spacial score (nSPS) is 10.5. The van der Waals surface area contributed by atoms with Gasteiger partial charge < -0.3 is 10.1 Å². The van der Waals surface area contributed by atoms with Gasteiger partial charge in [0.25, 0.3) is 0 Å². The van der Waals surface area contributed by atoms with Crippen LogP contribution in [0.15, 0.2) is 30.6 Å². The summed E-state index contributed by atoms with van der Waals surface area (Å²) in [5, 5.41) is 3.75. The van der Waals surface area contributed by atoms with E-state index < -0.39 is 0 Å². The molecule has 0 spiro atoms. The lowest BCUT2D eigenvalue weighted by atomic mass is 10.2. The molecule has 0 radical (unpaired) electrons. The first kappa shape index (κ1) is 13.8. The fraction of sp³-hybridized carbons (Fsp3) is 0.286. The van der Waals surface area contributed by atoms with Crippen LogP contribution in [0.2, 0.25) is 5.02 Å². The number of nitrogens with zero attached hydrogens (tertiary/aromatic N) is 2. The van der Waals surface area contributed by atoms with E-state index in [1.165, 1.54) is 0 Å². The molecule has 2 rings (SSSR count). The molecule has 1 aromatic heterocycles. The number of hydrogen-bond acceptors (Lipinski definition) is 4. The first-order valence-corrected chi connectivity index (χ1v) is 6.52. The summed E-state index contributed by atoms with van der Waals surface area (Å²) in [7, 11) is 0. The van der Waals surface area contributed by atoms with Crippen molar-refractivity contribution < 1.29 is 4.74 Å². The van der Waals surface area contributed by atoms with Crippen molar-refractivity contribution in [3.63, 3.8) is 0 Å². The number of aromatic nitrogens is 2. The van der Waals surface area contributed by atoms with E-state index in [-0.39, 0.29) is 0 Å². The number of benzene rings is 1. The van der Waals surface area contributed by atoms with Gasteiger partial charge in [-0.2, -0.15) is 0 Å². The van der Waals surface area contributed by atoms with E-state index in [0.29, 0.717) is 23.2 Å². The van der Waals surface area contributed by atoms with Gasteiger partial charge in [-0.25, -0.2) is 4.98 Å². The summed E-state index contributed by atoms with van der Waals surface area (Å²) in [6, 6.07) is 5.62. The Hall–Kier alpha value is -1.65. The van der Waals surface area contributed by atoms with Crippen LogP contribution in [0, 0.1) is 6.92 Å². The van der Waals surface area contributed by atoms with Crippen LogP contribution in [0.4, 0.5) is 0 Å². The van der Waals surface area contributed by atoms with Gasteiger partial charge in [0, 0.05) is 12.7 Å². The van der Waals surface area contributed by atoms with E-state index in [1.54, 1.807) is 12.4 Å². The molecule has 0 aliphatic rings. The van der Waals surface area contributed by atoms with Gasteiger partial charge in [0.2, 0.25) is 5.88 Å². The molecule has 0 aliphatic carbocycles. The van der Waals surface area contributed by atoms with Crippen molar-refractivity contribution >= 4 is 11.6 Å². The standard InChI is InChI=1S/C14H16ClN3O/c1-3-16-7-11-8-17-9-14(18-11)19-13-6-10(2)4-5-12(13)15/h4-6,8-9,16H,3,7H2,1-2H3. The van der Waals surface area contributed by atoms with Crippen LogP contribution in [0.1, 0.15) is 18.2 Å². The van der Waals surface area contributed by atoms with E-state index in [1.807, 2.05) is 32.0 Å². The van der Waals surface area contributed by atoms with Crippen LogP contribution < -0.4 is 10.1 Å². The zero-order valence-corrected chi connectivity index (χ0v) is 11.7. The highest BCUT2D eigenvalue weighted by atomic mass is 35.5. The van der Waals surface area contributed by atoms with Gasteiger partial charge in [0.05, 0.1) is 16.9 Å². The van der Waals surface area contributed by atoms with Crippen LogP contribution >= 0.6 is 11.6 Å². The monoisotopic (exact) mass is 277 g/mol. The maximum absolute atomic E-state index is 6.08. The molecule has 1 N–H and O–H groups in total. The molecule has 1 heterocycles. The maximum Gasteiger partial charge on any atom is 0.238 e. The molecule has 100 valence electrons. The van der Waals surface area contributed by atoms with Crippen LogP contribution in [-0.2, 0) is 6.54 Å². The predicted molar refractivity (Wildman–Crippen MR) is 75.7 cm³/mol. The van der Waals surface area contributed by atoms with Crippen LogP contribution in [0.5, 0.6) is 11.6 Å². The summed E-state index contributed by atoms with van der Waals surface area (Å²) in [5.74, 6) is 1.04. The van der Waals surface area contributed by atoms with Crippen molar-refractivity contribution in [1.29, 1.82) is 0 Å². The summed E-state index contributed by atoms with van der Waals surface area (Å²) in [6.45, 7) is 5.58. The minimum atomic E-state index is 0.447. The second-order valence-electron chi connectivity index (χ2n) is 4.16. The molecule has 5 heteroatoms. The van der Waals surface area contributed by atoms with Crippen molar-refractivity contribution in [2.45, 2.75) is 20.4 Å². The molecule has 4 nitrogen and oxygen atoms in total. The highest BCUT2D eigenvalue weighted by Crippen LogP contribution is 2.28. The lowest BCUT2D eigenvalue weighted by molar-refractivity contribution is 0.456. The molecule has 0 atom stereocenters. The molecule has 2 aromatic rings. The molecule has 0 saturated carbocycles. The van der Waals surface area contributed by atoms with Gasteiger partial charge in [0.1, 0.15) is 5.75 Å². The van der Waals surface area contributed by atoms with Crippen LogP contribution in [0.3, 0.4) is 0 Å². The predicted octanol–water partition coefficient (Wildman–Crippen LogP) is 3.34. The first-order valence-electron chi connectivity index (χ1n) is 6.14. The summed E-state index contributed by atoms with van der Waals surface area (Å²) in [5.41, 5.74) is 1.92.